The van der Waals surface area contributed by atoms with Crippen LogP contribution in [0.3, 0.4) is 0 Å². The van der Waals surface area contributed by atoms with Crippen molar-refractivity contribution in [2.24, 2.45) is 0 Å². The first kappa shape index (κ1) is 13.7. The third-order valence-corrected chi connectivity index (χ3v) is 2.63. The number of carbonyl (C=O) groups is 1. The van der Waals surface area contributed by atoms with Gasteiger partial charge in [0.15, 0.2) is 5.69 Å². The topological polar surface area (TPSA) is 89.0 Å². The fraction of sp³-hybridized carbons (Fsp3) is 0.231. The summed E-state index contributed by atoms with van der Waals surface area (Å²) in [5, 5.41) is 13.3. The number of ether oxygens (including phenoxy) is 1. The van der Waals surface area contributed by atoms with E-state index in [1.165, 1.54) is 0 Å². The van der Waals surface area contributed by atoms with Crippen LogP contribution in [0.25, 0.3) is 0 Å². The van der Waals surface area contributed by atoms with Crippen LogP contribution in [0.4, 0.5) is 5.82 Å². The number of hydrogen-bond acceptors (Lipinski definition) is 6. The van der Waals surface area contributed by atoms with Gasteiger partial charge >= 0.3 is 0 Å². The van der Waals surface area contributed by atoms with E-state index >= 15 is 0 Å². The van der Waals surface area contributed by atoms with Crippen LogP contribution in [-0.2, 0) is 6.54 Å². The molecule has 0 bridgehead atoms. The van der Waals surface area contributed by atoms with Gasteiger partial charge in [-0.25, -0.2) is 4.98 Å². The van der Waals surface area contributed by atoms with Gasteiger partial charge in [-0.2, -0.15) is 0 Å². The molecule has 2 heterocycles. The zero-order valence-corrected chi connectivity index (χ0v) is 11.3. The van der Waals surface area contributed by atoms with Gasteiger partial charge in [0.1, 0.15) is 5.82 Å². The van der Waals surface area contributed by atoms with Crippen molar-refractivity contribution >= 4 is 11.7 Å². The molecule has 20 heavy (non-hydrogen) atoms. The zero-order chi connectivity index (χ0) is 14.4. The average Bonchev–Trinajstić information content (AvgIpc) is 2.53. The summed E-state index contributed by atoms with van der Waals surface area (Å²) in [5.74, 6) is 0.872. The highest BCUT2D eigenvalue weighted by Gasteiger charge is 2.06. The van der Waals surface area contributed by atoms with Gasteiger partial charge in [-0.3, -0.25) is 4.79 Å². The lowest BCUT2D eigenvalue weighted by Crippen LogP contribution is -2.19. The maximum absolute atomic E-state index is 11.3. The summed E-state index contributed by atoms with van der Waals surface area (Å²) >= 11 is 0. The molecule has 0 saturated heterocycles. The van der Waals surface area contributed by atoms with Crippen LogP contribution in [0.2, 0.25) is 0 Å². The minimum absolute atomic E-state index is 0.266. The molecule has 7 heteroatoms. The van der Waals surface area contributed by atoms with E-state index in [1.807, 2.05) is 12.1 Å². The molecular formula is C13H15N5O2. The van der Waals surface area contributed by atoms with Gasteiger partial charge < -0.3 is 15.4 Å². The number of hydrogen-bond donors (Lipinski definition) is 2. The second-order valence-electron chi connectivity index (χ2n) is 3.91. The number of rotatable bonds is 5. The van der Waals surface area contributed by atoms with Crippen LogP contribution in [0.5, 0.6) is 5.88 Å². The Morgan fingerprint density at radius 1 is 1.30 bits per heavy atom. The molecule has 2 rings (SSSR count). The fourth-order valence-corrected chi connectivity index (χ4v) is 1.60. The van der Waals surface area contributed by atoms with E-state index in [0.29, 0.717) is 18.2 Å². The predicted molar refractivity (Wildman–Crippen MR) is 73.5 cm³/mol. The van der Waals surface area contributed by atoms with Crippen molar-refractivity contribution in [3.63, 3.8) is 0 Å². The maximum Gasteiger partial charge on any atom is 0.271 e. The normalized spacial score (nSPS) is 9.90. The molecule has 0 fully saturated rings. The number of nitrogens with one attached hydrogen (secondary N) is 2. The molecule has 2 N–H and O–H groups in total. The lowest BCUT2D eigenvalue weighted by atomic mass is 10.2. The number of amides is 1. The van der Waals surface area contributed by atoms with Crippen molar-refractivity contribution in [2.45, 2.75) is 6.54 Å². The molecule has 7 nitrogen and oxygen atoms in total. The second-order valence-corrected chi connectivity index (χ2v) is 3.91. The minimum Gasteiger partial charge on any atom is -0.481 e. The van der Waals surface area contributed by atoms with E-state index in [9.17, 15) is 4.79 Å². The molecule has 0 aliphatic carbocycles. The van der Waals surface area contributed by atoms with E-state index < -0.39 is 0 Å². The molecule has 1 amide bonds. The van der Waals surface area contributed by atoms with Crippen molar-refractivity contribution in [3.05, 3.63) is 41.7 Å². The molecular weight excluding hydrogens is 258 g/mol. The number of pyridine rings is 1. The van der Waals surface area contributed by atoms with Gasteiger partial charge in [0, 0.05) is 25.4 Å². The van der Waals surface area contributed by atoms with Gasteiger partial charge in [0.05, 0.1) is 7.11 Å². The highest BCUT2D eigenvalue weighted by atomic mass is 16.5. The van der Waals surface area contributed by atoms with Gasteiger partial charge in [0.25, 0.3) is 5.91 Å². The standard InChI is InChI=1S/C13H15N5O2/c1-14-12(19)10-5-6-11(18-17-10)16-8-9-4-3-7-15-13(9)20-2/h3-7H,8H2,1-2H3,(H,14,19)(H,16,18). The maximum atomic E-state index is 11.3. The Labute approximate surface area is 116 Å². The SMILES string of the molecule is CNC(=O)c1ccc(NCc2cccnc2OC)nn1. The Bertz CT molecular complexity index is 586. The number of methoxy groups -OCH3 is 1. The number of nitrogens with zero attached hydrogens (tertiary/aromatic N) is 3. The molecule has 2 aromatic rings. The Morgan fingerprint density at radius 3 is 2.80 bits per heavy atom. The molecule has 0 aromatic carbocycles. The van der Waals surface area contributed by atoms with Crippen molar-refractivity contribution in [3.8, 4) is 5.88 Å². The van der Waals surface area contributed by atoms with E-state index in [1.54, 1.807) is 32.5 Å². The number of carbonyl (C=O) groups excluding carboxylic acids is 1. The first-order valence-corrected chi connectivity index (χ1v) is 6.02. The highest BCUT2D eigenvalue weighted by Crippen LogP contribution is 2.15. The largest absolute Gasteiger partial charge is 0.481 e. The Kier molecular flexibility index (Phi) is 4.43. The first-order chi connectivity index (χ1) is 9.74. The van der Waals surface area contributed by atoms with Crippen LogP contribution in [0.1, 0.15) is 16.1 Å². The lowest BCUT2D eigenvalue weighted by molar-refractivity contribution is 0.0957. The summed E-state index contributed by atoms with van der Waals surface area (Å²) < 4.78 is 5.16. The smallest absolute Gasteiger partial charge is 0.271 e. The van der Waals surface area contributed by atoms with Crippen LogP contribution in [-0.4, -0.2) is 35.2 Å². The molecule has 0 unspecified atom stereocenters. The van der Waals surface area contributed by atoms with Crippen molar-refractivity contribution in [1.82, 2.24) is 20.5 Å². The van der Waals surface area contributed by atoms with Gasteiger partial charge in [-0.15, -0.1) is 10.2 Å². The third kappa shape index (κ3) is 3.19. The van der Waals surface area contributed by atoms with Crippen LogP contribution in [0.15, 0.2) is 30.5 Å². The fourth-order valence-electron chi connectivity index (χ4n) is 1.60. The van der Waals surface area contributed by atoms with Crippen molar-refractivity contribution in [1.29, 1.82) is 0 Å². The molecule has 0 aliphatic heterocycles. The summed E-state index contributed by atoms with van der Waals surface area (Å²) in [4.78, 5) is 15.4. The van der Waals surface area contributed by atoms with E-state index in [2.05, 4.69) is 25.8 Å². The van der Waals surface area contributed by atoms with E-state index in [0.717, 1.165) is 5.56 Å². The predicted octanol–water partition coefficient (Wildman–Crippen LogP) is 0.852. The summed E-state index contributed by atoms with van der Waals surface area (Å²) in [6, 6.07) is 7.04. The molecule has 2 aromatic heterocycles. The number of anilines is 1. The Hall–Kier alpha value is -2.70. The average molecular weight is 273 g/mol. The van der Waals surface area contributed by atoms with Crippen molar-refractivity contribution in [2.75, 3.05) is 19.5 Å². The zero-order valence-electron chi connectivity index (χ0n) is 11.3. The molecule has 0 atom stereocenters. The Morgan fingerprint density at radius 2 is 2.15 bits per heavy atom. The van der Waals surface area contributed by atoms with Crippen molar-refractivity contribution < 1.29 is 9.53 Å². The van der Waals surface area contributed by atoms with Gasteiger partial charge in [-0.1, -0.05) is 6.07 Å². The first-order valence-electron chi connectivity index (χ1n) is 6.02. The summed E-state index contributed by atoms with van der Waals surface area (Å²) in [5.41, 5.74) is 1.18. The Balaban J connectivity index is 2.02. The second kappa shape index (κ2) is 6.46. The van der Waals surface area contributed by atoms with Crippen LogP contribution < -0.4 is 15.4 Å². The molecule has 0 radical (unpaired) electrons. The van der Waals surface area contributed by atoms with E-state index in [-0.39, 0.29) is 11.6 Å². The number of aromatic nitrogens is 3. The molecule has 0 saturated carbocycles. The summed E-state index contributed by atoms with van der Waals surface area (Å²) in [6.45, 7) is 0.505. The highest BCUT2D eigenvalue weighted by molar-refractivity contribution is 5.91. The van der Waals surface area contributed by atoms with Gasteiger partial charge in [0.2, 0.25) is 5.88 Å². The van der Waals surface area contributed by atoms with Crippen LogP contribution >= 0.6 is 0 Å². The monoisotopic (exact) mass is 273 g/mol. The molecule has 0 aliphatic rings. The van der Waals surface area contributed by atoms with E-state index in [4.69, 9.17) is 4.74 Å². The third-order valence-electron chi connectivity index (χ3n) is 2.63. The lowest BCUT2D eigenvalue weighted by Gasteiger charge is -2.08. The quantitative estimate of drug-likeness (QED) is 0.839. The summed E-state index contributed by atoms with van der Waals surface area (Å²) in [7, 11) is 3.12. The molecule has 104 valence electrons. The van der Waals surface area contributed by atoms with Crippen LogP contribution in [0, 0.1) is 0 Å². The van der Waals surface area contributed by atoms with Gasteiger partial charge in [-0.05, 0) is 18.2 Å². The molecule has 0 spiro atoms. The minimum atomic E-state index is -0.266. The summed E-state index contributed by atoms with van der Waals surface area (Å²) in [6.07, 6.45) is 1.67.